The number of nitrogens with one attached hydrogen (secondary N) is 3. The van der Waals surface area contributed by atoms with Crippen LogP contribution in [0, 0.1) is 11.3 Å². The van der Waals surface area contributed by atoms with Gasteiger partial charge in [-0.05, 0) is 57.6 Å². The van der Waals surface area contributed by atoms with Gasteiger partial charge in [0.25, 0.3) is 5.91 Å². The number of likely N-dealkylation sites (tertiary alicyclic amines) is 1. The molecule has 1 unspecified atom stereocenters. The van der Waals surface area contributed by atoms with E-state index in [0.717, 1.165) is 0 Å². The summed E-state index contributed by atoms with van der Waals surface area (Å²) in [6.07, 6.45) is 3.91. The fourth-order valence-corrected chi connectivity index (χ4v) is 8.25. The molecule has 1 aromatic carbocycles. The number of ether oxygens (including phenoxy) is 3. The molecule has 55 heavy (non-hydrogen) atoms. The van der Waals surface area contributed by atoms with Crippen molar-refractivity contribution in [3.05, 3.63) is 55.5 Å². The molecule has 1 saturated heterocycles. The Morgan fingerprint density at radius 2 is 1.76 bits per heavy atom. The smallest absolute Gasteiger partial charge is 0.408 e. The molecule has 3 aliphatic rings. The van der Waals surface area contributed by atoms with Crippen molar-refractivity contribution in [2.45, 2.75) is 102 Å². The average Bonchev–Trinajstić information content (AvgIpc) is 3.98. The van der Waals surface area contributed by atoms with Gasteiger partial charge in [0.05, 0.1) is 31.4 Å². The lowest BCUT2D eigenvalue weighted by Crippen LogP contribution is -2.60. The molecule has 0 radical (unpaired) electrons. The molecule has 3 N–H and O–H groups in total. The van der Waals surface area contributed by atoms with Gasteiger partial charge in [0, 0.05) is 28.7 Å². The number of pyridine rings is 1. The van der Waals surface area contributed by atoms with Crippen LogP contribution in [0.3, 0.4) is 0 Å². The molecular weight excluding hydrogens is 731 g/mol. The van der Waals surface area contributed by atoms with Crippen molar-refractivity contribution in [2.75, 3.05) is 13.7 Å². The summed E-state index contributed by atoms with van der Waals surface area (Å²) in [4.78, 5) is 61.8. The summed E-state index contributed by atoms with van der Waals surface area (Å²) in [7, 11) is -2.38. The maximum absolute atomic E-state index is 14.6. The van der Waals surface area contributed by atoms with Crippen molar-refractivity contribution in [1.29, 1.82) is 0 Å². The number of nitrogens with zero attached hydrogens (tertiary/aromatic N) is 2. The van der Waals surface area contributed by atoms with Crippen molar-refractivity contribution in [1.82, 2.24) is 25.2 Å². The summed E-state index contributed by atoms with van der Waals surface area (Å²) >= 11 is 0. The Hall–Kier alpha value is -5.12. The van der Waals surface area contributed by atoms with E-state index in [9.17, 15) is 27.6 Å². The molecule has 5 atom stereocenters. The molecule has 2 saturated carbocycles. The van der Waals surface area contributed by atoms with Crippen LogP contribution in [0.2, 0.25) is 0 Å². The highest BCUT2D eigenvalue weighted by Gasteiger charge is 2.62. The summed E-state index contributed by atoms with van der Waals surface area (Å²) in [6, 6.07) is 6.75. The van der Waals surface area contributed by atoms with Gasteiger partial charge in [0.2, 0.25) is 27.7 Å². The van der Waals surface area contributed by atoms with E-state index in [1.54, 1.807) is 54.7 Å². The van der Waals surface area contributed by atoms with Crippen LogP contribution >= 0.6 is 0 Å². The Labute approximate surface area is 320 Å². The lowest BCUT2D eigenvalue weighted by atomic mass is 9.85. The molecule has 3 fully saturated rings. The largest absolute Gasteiger partial charge is 0.494 e. The number of sulfonamides is 1. The number of aromatic nitrogens is 1. The van der Waals surface area contributed by atoms with Gasteiger partial charge in [-0.15, -0.1) is 6.58 Å². The predicted octanol–water partition coefficient (Wildman–Crippen LogP) is 4.46. The minimum Gasteiger partial charge on any atom is -0.494 e. The number of amides is 4. The first-order valence-corrected chi connectivity index (χ1v) is 19.8. The first kappa shape index (κ1) is 39.6. The number of furan rings is 1. The molecule has 1 aliphatic heterocycles. The van der Waals surface area contributed by atoms with E-state index in [1.165, 1.54) is 23.5 Å². The van der Waals surface area contributed by atoms with Crippen LogP contribution in [0.1, 0.15) is 67.2 Å². The van der Waals surface area contributed by atoms with Gasteiger partial charge in [0.1, 0.15) is 35.0 Å². The summed E-state index contributed by atoms with van der Waals surface area (Å²) in [6.45, 7) is 14.1. The number of benzene rings is 1. The highest BCUT2D eigenvalue weighted by molar-refractivity contribution is 7.91. The second-order valence-corrected chi connectivity index (χ2v) is 18.4. The van der Waals surface area contributed by atoms with Gasteiger partial charge >= 0.3 is 6.09 Å². The van der Waals surface area contributed by atoms with Gasteiger partial charge in [-0.2, -0.15) is 0 Å². The number of carbonyl (C=O) groups is 4. The van der Waals surface area contributed by atoms with Crippen LogP contribution in [0.5, 0.6) is 11.6 Å². The Morgan fingerprint density at radius 1 is 1.07 bits per heavy atom. The minimum absolute atomic E-state index is 0.0270. The lowest BCUT2D eigenvalue weighted by Gasteiger charge is -2.36. The van der Waals surface area contributed by atoms with E-state index in [1.807, 2.05) is 24.3 Å². The van der Waals surface area contributed by atoms with E-state index in [4.69, 9.17) is 23.6 Å². The zero-order chi connectivity index (χ0) is 40.1. The van der Waals surface area contributed by atoms with E-state index < -0.39 is 79.7 Å². The molecule has 0 spiro atoms. The SMILES string of the molecule is C=CC1C[C@]1(NC(=O)[C@@H]1C[C@@H](Oc2nc(-c3ccoc3)c(OC)c3ccccc23)CN1C(=O)[C@@H](NC(=O)OC(C)(C)C)C(C)(C)C)C(=O)NS(=O)(=O)C1CC1. The van der Waals surface area contributed by atoms with Crippen molar-refractivity contribution in [3.63, 3.8) is 0 Å². The molecule has 6 rings (SSSR count). The summed E-state index contributed by atoms with van der Waals surface area (Å²) in [5.74, 6) is -1.96. The third kappa shape index (κ3) is 8.28. The molecule has 2 aliphatic carbocycles. The zero-order valence-electron chi connectivity index (χ0n) is 32.1. The van der Waals surface area contributed by atoms with Crippen molar-refractivity contribution >= 4 is 44.6 Å². The molecule has 4 amide bonds. The van der Waals surface area contributed by atoms with Crippen LogP contribution in [0.4, 0.5) is 4.79 Å². The monoisotopic (exact) mass is 779 g/mol. The first-order chi connectivity index (χ1) is 25.8. The summed E-state index contributed by atoms with van der Waals surface area (Å²) in [5, 5.41) is 6.17. The molecular formula is C39H49N5O10S. The summed E-state index contributed by atoms with van der Waals surface area (Å²) in [5.41, 5.74) is -2.17. The third-order valence-electron chi connectivity index (χ3n) is 9.98. The van der Waals surface area contributed by atoms with E-state index >= 15 is 0 Å². The predicted molar refractivity (Wildman–Crippen MR) is 202 cm³/mol. The number of fused-ring (bicyclic) bond motifs is 1. The molecule has 16 heteroatoms. The van der Waals surface area contributed by atoms with E-state index in [-0.39, 0.29) is 25.3 Å². The quantitative estimate of drug-likeness (QED) is 0.220. The number of methoxy groups -OCH3 is 1. The topological polar surface area (TPSA) is 195 Å². The first-order valence-electron chi connectivity index (χ1n) is 18.2. The standard InChI is InChI=1S/C39H49N5O10S/c1-9-23-19-39(23,35(47)43-55(49,50)25-14-15-25)42-32(45)28-18-24(20-44(28)34(46)31(37(2,3)4)41-36(48)54-38(5,6)7)53-33-27-13-11-10-12-26(27)30(51-8)29(40-33)22-16-17-52-21-22/h9-13,16-17,21,23-25,28,31H,1,14-15,18-20H2,2-8H3,(H,41,48)(H,42,45)(H,43,47)/t23?,24-,28+,31-,39-/m1/s1. The van der Waals surface area contributed by atoms with Crippen LogP contribution in [0.15, 0.2) is 59.9 Å². The minimum atomic E-state index is -3.92. The maximum atomic E-state index is 14.6. The normalized spacial score (nSPS) is 23.0. The van der Waals surface area contributed by atoms with Gasteiger partial charge in [-0.25, -0.2) is 18.2 Å². The number of alkyl carbamates (subject to hydrolysis) is 1. The van der Waals surface area contributed by atoms with Crippen LogP contribution in [-0.2, 0) is 29.1 Å². The second kappa shape index (κ2) is 14.5. The van der Waals surface area contributed by atoms with Gasteiger partial charge in [-0.3, -0.25) is 19.1 Å². The fraction of sp³-hybridized carbons (Fsp3) is 0.513. The second-order valence-electron chi connectivity index (χ2n) is 16.5. The molecule has 15 nitrogen and oxygen atoms in total. The van der Waals surface area contributed by atoms with Gasteiger partial charge in [-0.1, -0.05) is 45.0 Å². The molecule has 3 aromatic rings. The molecule has 3 heterocycles. The Morgan fingerprint density at radius 3 is 2.33 bits per heavy atom. The molecule has 296 valence electrons. The highest BCUT2D eigenvalue weighted by Crippen LogP contribution is 2.46. The highest BCUT2D eigenvalue weighted by atomic mass is 32.2. The zero-order valence-corrected chi connectivity index (χ0v) is 32.9. The number of rotatable bonds is 12. The Balaban J connectivity index is 1.34. The lowest BCUT2D eigenvalue weighted by molar-refractivity contribution is -0.143. The average molecular weight is 780 g/mol. The van der Waals surface area contributed by atoms with Crippen molar-refractivity contribution < 1.29 is 46.2 Å². The number of hydrogen-bond acceptors (Lipinski definition) is 11. The number of hydrogen-bond donors (Lipinski definition) is 3. The van der Waals surface area contributed by atoms with Gasteiger partial charge < -0.3 is 34.2 Å². The molecule has 2 aromatic heterocycles. The Bertz CT molecular complexity index is 2100. The van der Waals surface area contributed by atoms with E-state index in [2.05, 4.69) is 21.9 Å². The van der Waals surface area contributed by atoms with Crippen molar-refractivity contribution in [3.8, 4) is 22.9 Å². The van der Waals surface area contributed by atoms with Crippen molar-refractivity contribution in [2.24, 2.45) is 11.3 Å². The number of carbonyl (C=O) groups excluding carboxylic acids is 4. The van der Waals surface area contributed by atoms with E-state index in [0.29, 0.717) is 40.6 Å². The third-order valence-corrected chi connectivity index (χ3v) is 11.8. The van der Waals surface area contributed by atoms with Crippen LogP contribution in [-0.4, -0.2) is 90.3 Å². The molecule has 0 bridgehead atoms. The Kier molecular flexibility index (Phi) is 10.4. The van der Waals surface area contributed by atoms with Crippen LogP contribution in [0.25, 0.3) is 22.0 Å². The summed E-state index contributed by atoms with van der Waals surface area (Å²) < 4.78 is 50.8. The maximum Gasteiger partial charge on any atom is 0.408 e. The van der Waals surface area contributed by atoms with Gasteiger partial charge in [0.15, 0.2) is 5.75 Å². The fourth-order valence-electron chi connectivity index (χ4n) is 6.89. The van der Waals surface area contributed by atoms with Crippen LogP contribution < -0.4 is 24.8 Å².